The van der Waals surface area contributed by atoms with Gasteiger partial charge in [-0.2, -0.15) is 5.26 Å². The van der Waals surface area contributed by atoms with Gasteiger partial charge in [-0.15, -0.1) is 5.06 Å². The molecule has 10 heteroatoms. The number of anilines is 1. The second-order valence-corrected chi connectivity index (χ2v) is 11.8. The molecule has 0 atom stereocenters. The molecular formula is C32H33N3O6S. The Morgan fingerprint density at radius 3 is 2.21 bits per heavy atom. The number of amides is 2. The molecule has 2 aliphatic rings. The van der Waals surface area contributed by atoms with E-state index in [1.165, 1.54) is 19.1 Å². The van der Waals surface area contributed by atoms with E-state index in [1.54, 1.807) is 24.3 Å². The Bertz CT molecular complexity index is 1640. The van der Waals surface area contributed by atoms with Crippen molar-refractivity contribution in [1.29, 1.82) is 5.26 Å². The van der Waals surface area contributed by atoms with Crippen LogP contribution in [0.4, 0.5) is 5.69 Å². The number of allylic oxidation sites excluding steroid dienone is 1. The number of benzene rings is 2. The summed E-state index contributed by atoms with van der Waals surface area (Å²) in [7, 11) is -4.07. The predicted octanol–water partition coefficient (Wildman–Crippen LogP) is 5.89. The molecule has 0 aliphatic carbocycles. The molecule has 0 saturated carbocycles. The quantitative estimate of drug-likeness (QED) is 0.105. The molecule has 0 unspecified atom stereocenters. The number of hydrogen-bond donors (Lipinski definition) is 0. The standard InChI is InChI=1S/C32H33N3O6S/c1-5-8-18-34(19-9-6-2)24-16-14-23(15-17-24)20-28-30(25-12-10-11-13-27(25)42(28,38)39)29-22(4)26(21-33)31(36)35(32(29)37)41-40-7-3/h7,10-17,20H,3,5-6,8-9,18-19H2,1-2,4H3/b28-20-,30-29?. The molecule has 2 aromatic carbocycles. The van der Waals surface area contributed by atoms with Crippen LogP contribution in [0.25, 0.3) is 11.6 Å². The molecule has 218 valence electrons. The van der Waals surface area contributed by atoms with E-state index < -0.39 is 21.7 Å². The summed E-state index contributed by atoms with van der Waals surface area (Å²) >= 11 is 0. The highest BCUT2D eigenvalue weighted by atomic mass is 32.2. The minimum Gasteiger partial charge on any atom is -0.372 e. The fourth-order valence-electron chi connectivity index (χ4n) is 5.01. The highest BCUT2D eigenvalue weighted by Gasteiger charge is 2.45. The summed E-state index contributed by atoms with van der Waals surface area (Å²) in [6.45, 7) is 10.9. The largest absolute Gasteiger partial charge is 0.372 e. The van der Waals surface area contributed by atoms with Gasteiger partial charge in [0.2, 0.25) is 9.84 Å². The molecule has 42 heavy (non-hydrogen) atoms. The number of imide groups is 1. The number of hydrogen-bond acceptors (Lipinski definition) is 8. The zero-order valence-electron chi connectivity index (χ0n) is 23.9. The molecule has 0 radical (unpaired) electrons. The van der Waals surface area contributed by atoms with Crippen LogP contribution in [0.1, 0.15) is 57.6 Å². The first kappa shape index (κ1) is 30.5. The van der Waals surface area contributed by atoms with E-state index in [9.17, 15) is 23.3 Å². The van der Waals surface area contributed by atoms with E-state index in [0.29, 0.717) is 5.56 Å². The van der Waals surface area contributed by atoms with Crippen molar-refractivity contribution in [2.45, 2.75) is 51.3 Å². The van der Waals surface area contributed by atoms with Crippen molar-refractivity contribution in [1.82, 2.24) is 5.06 Å². The van der Waals surface area contributed by atoms with Gasteiger partial charge in [0, 0.05) is 29.9 Å². The van der Waals surface area contributed by atoms with Crippen molar-refractivity contribution in [3.05, 3.63) is 94.1 Å². The molecule has 2 aliphatic heterocycles. The third-order valence-electron chi connectivity index (χ3n) is 7.20. The molecule has 0 fully saturated rings. The molecule has 0 saturated heterocycles. The van der Waals surface area contributed by atoms with Crippen LogP contribution in [-0.2, 0) is 29.3 Å². The van der Waals surface area contributed by atoms with Crippen LogP contribution in [0, 0.1) is 11.3 Å². The number of rotatable bonds is 11. The van der Waals surface area contributed by atoms with Crippen LogP contribution in [0.5, 0.6) is 0 Å². The molecule has 2 heterocycles. The van der Waals surface area contributed by atoms with Gasteiger partial charge in [0.1, 0.15) is 17.9 Å². The van der Waals surface area contributed by atoms with Crippen molar-refractivity contribution in [2.75, 3.05) is 18.0 Å². The Balaban J connectivity index is 1.91. The molecule has 0 spiro atoms. The van der Waals surface area contributed by atoms with Crippen molar-refractivity contribution in [3.8, 4) is 6.07 Å². The number of nitriles is 1. The fourth-order valence-corrected chi connectivity index (χ4v) is 6.74. The van der Waals surface area contributed by atoms with Crippen molar-refractivity contribution < 1.29 is 27.9 Å². The predicted molar refractivity (Wildman–Crippen MR) is 160 cm³/mol. The first-order valence-corrected chi connectivity index (χ1v) is 15.3. The van der Waals surface area contributed by atoms with Gasteiger partial charge in [-0.25, -0.2) is 8.42 Å². The third kappa shape index (κ3) is 5.66. The summed E-state index contributed by atoms with van der Waals surface area (Å²) in [5, 5.41) is 10.0. The summed E-state index contributed by atoms with van der Waals surface area (Å²) in [6.07, 6.45) is 6.66. The van der Waals surface area contributed by atoms with Crippen molar-refractivity contribution >= 4 is 39.0 Å². The Morgan fingerprint density at radius 2 is 1.62 bits per heavy atom. The number of carbonyl (C=O) groups excluding carboxylic acids is 2. The first-order chi connectivity index (χ1) is 20.2. The van der Waals surface area contributed by atoms with Crippen molar-refractivity contribution in [3.63, 3.8) is 0 Å². The van der Waals surface area contributed by atoms with E-state index in [0.717, 1.165) is 50.7 Å². The number of carbonyl (C=O) groups is 2. The zero-order valence-corrected chi connectivity index (χ0v) is 24.7. The smallest absolute Gasteiger partial charge is 0.299 e. The van der Waals surface area contributed by atoms with E-state index in [1.807, 2.05) is 24.3 Å². The van der Waals surface area contributed by atoms with Gasteiger partial charge in [0.05, 0.1) is 15.4 Å². The van der Waals surface area contributed by atoms with Gasteiger partial charge in [-0.05, 0) is 60.2 Å². The highest BCUT2D eigenvalue weighted by molar-refractivity contribution is 7.96. The van der Waals surface area contributed by atoms with Crippen LogP contribution < -0.4 is 4.90 Å². The maximum Gasteiger partial charge on any atom is 0.299 e. The van der Waals surface area contributed by atoms with Crippen LogP contribution >= 0.6 is 0 Å². The maximum atomic E-state index is 13.9. The summed E-state index contributed by atoms with van der Waals surface area (Å²) in [5.74, 6) is -2.00. The monoisotopic (exact) mass is 587 g/mol. The van der Waals surface area contributed by atoms with E-state index in [-0.39, 0.29) is 42.7 Å². The molecule has 0 N–H and O–H groups in total. The van der Waals surface area contributed by atoms with Gasteiger partial charge in [0.15, 0.2) is 0 Å². The number of fused-ring (bicyclic) bond motifs is 1. The Hall–Kier alpha value is -4.46. The maximum absolute atomic E-state index is 13.9. The van der Waals surface area contributed by atoms with E-state index in [2.05, 4.69) is 30.2 Å². The van der Waals surface area contributed by atoms with Crippen LogP contribution in [0.2, 0.25) is 0 Å². The van der Waals surface area contributed by atoms with Gasteiger partial charge in [0.25, 0.3) is 11.8 Å². The van der Waals surface area contributed by atoms with Crippen LogP contribution in [0.3, 0.4) is 0 Å². The van der Waals surface area contributed by atoms with Gasteiger partial charge >= 0.3 is 0 Å². The van der Waals surface area contributed by atoms with Gasteiger partial charge in [-0.1, -0.05) is 63.6 Å². The first-order valence-electron chi connectivity index (χ1n) is 13.8. The molecule has 0 aromatic heterocycles. The van der Waals surface area contributed by atoms with Crippen LogP contribution in [0.15, 0.2) is 87.9 Å². The Kier molecular flexibility index (Phi) is 9.45. The minimum absolute atomic E-state index is 0.0199. The molecular weight excluding hydrogens is 554 g/mol. The average Bonchev–Trinajstić information content (AvgIpc) is 3.20. The van der Waals surface area contributed by atoms with Crippen molar-refractivity contribution in [2.24, 2.45) is 0 Å². The number of unbranched alkanes of at least 4 members (excludes halogenated alkanes) is 2. The number of sulfone groups is 1. The second kappa shape index (κ2) is 13.0. The third-order valence-corrected chi connectivity index (χ3v) is 9.03. The zero-order chi connectivity index (χ0) is 30.4. The molecule has 2 amide bonds. The molecule has 0 bridgehead atoms. The molecule has 4 rings (SSSR count). The van der Waals surface area contributed by atoms with Gasteiger partial charge in [-0.3, -0.25) is 9.59 Å². The lowest BCUT2D eigenvalue weighted by atomic mass is 9.89. The minimum atomic E-state index is -4.07. The SMILES string of the molecule is C=COON1C(=O)C(C#N)=C(C)C(=C2/C(=C/c3ccc(N(CCCC)CCCC)cc3)S(=O)(=O)c3ccccc32)C1=O. The Labute approximate surface area is 246 Å². The molecule has 9 nitrogen and oxygen atoms in total. The lowest BCUT2D eigenvalue weighted by Gasteiger charge is -2.25. The normalized spacial score (nSPS) is 18.7. The lowest BCUT2D eigenvalue weighted by molar-refractivity contribution is -0.363. The lowest BCUT2D eigenvalue weighted by Crippen LogP contribution is -2.42. The topological polar surface area (TPSA) is 117 Å². The van der Waals surface area contributed by atoms with E-state index >= 15 is 0 Å². The van der Waals surface area contributed by atoms with Crippen LogP contribution in [-0.4, -0.2) is 38.4 Å². The average molecular weight is 588 g/mol. The fraction of sp³-hybridized carbons (Fsp3) is 0.281. The molecule has 2 aromatic rings. The van der Waals surface area contributed by atoms with E-state index in [4.69, 9.17) is 4.99 Å². The highest BCUT2D eigenvalue weighted by Crippen LogP contribution is 2.48. The summed E-state index contributed by atoms with van der Waals surface area (Å²) in [6, 6.07) is 15.7. The Morgan fingerprint density at radius 1 is 0.976 bits per heavy atom. The summed E-state index contributed by atoms with van der Waals surface area (Å²) in [5.41, 5.74) is 1.52. The second-order valence-electron chi connectivity index (χ2n) is 9.90. The number of nitrogens with zero attached hydrogens (tertiary/aromatic N) is 3. The summed E-state index contributed by atoms with van der Waals surface area (Å²) < 4.78 is 27.8. The summed E-state index contributed by atoms with van der Waals surface area (Å²) in [4.78, 5) is 38.2. The number of hydroxylamine groups is 2. The van der Waals surface area contributed by atoms with Gasteiger partial charge < -0.3 is 9.79 Å².